The number of aliphatic hydroxyl groups excluding tert-OH is 1. The lowest BCUT2D eigenvalue weighted by molar-refractivity contribution is -0.196. The normalized spacial score (nSPS) is 37.3. The Labute approximate surface area is 131 Å². The molecule has 1 aromatic rings. The molecule has 0 spiro atoms. The van der Waals surface area contributed by atoms with Gasteiger partial charge in [0.1, 0.15) is 5.60 Å². The predicted octanol–water partition coefficient (Wildman–Crippen LogP) is 1.19. The molecule has 0 amide bonds. The van der Waals surface area contributed by atoms with Gasteiger partial charge in [-0.2, -0.15) is 0 Å². The molecule has 4 atom stereocenters. The molecule has 2 fully saturated rings. The predicted molar refractivity (Wildman–Crippen MR) is 83.2 cm³/mol. The van der Waals surface area contributed by atoms with Crippen LogP contribution >= 0.6 is 0 Å². The van der Waals surface area contributed by atoms with Crippen LogP contribution in [0.5, 0.6) is 0 Å². The summed E-state index contributed by atoms with van der Waals surface area (Å²) in [4.78, 5) is 6.16. The Morgan fingerprint density at radius 3 is 2.91 bits per heavy atom. The van der Waals surface area contributed by atoms with E-state index in [1.165, 1.54) is 0 Å². The van der Waals surface area contributed by atoms with Crippen molar-refractivity contribution in [2.24, 2.45) is 5.92 Å². The minimum Gasteiger partial charge on any atom is -0.391 e. The summed E-state index contributed by atoms with van der Waals surface area (Å²) in [5.41, 5.74) is -0.138. The van der Waals surface area contributed by atoms with Crippen molar-refractivity contribution in [3.63, 3.8) is 0 Å². The Kier molecular flexibility index (Phi) is 4.01. The fourth-order valence-corrected chi connectivity index (χ4v) is 4.18. The first kappa shape index (κ1) is 15.9. The number of fused-ring (bicyclic) bond motifs is 1. The highest BCUT2D eigenvalue weighted by Crippen LogP contribution is 2.47. The molecule has 2 N–H and O–H groups in total. The van der Waals surface area contributed by atoms with Gasteiger partial charge in [0.25, 0.3) is 0 Å². The Hall–Kier alpha value is -1.01. The zero-order valence-electron chi connectivity index (χ0n) is 13.6. The van der Waals surface area contributed by atoms with Gasteiger partial charge >= 0.3 is 0 Å². The molecule has 0 unspecified atom stereocenters. The molecule has 1 saturated carbocycles. The Morgan fingerprint density at radius 2 is 2.23 bits per heavy atom. The summed E-state index contributed by atoms with van der Waals surface area (Å²) in [7, 11) is 1.95. The first-order valence-electron chi connectivity index (χ1n) is 7.95. The van der Waals surface area contributed by atoms with E-state index in [4.69, 9.17) is 4.74 Å². The molecule has 1 saturated heterocycles. The van der Waals surface area contributed by atoms with Gasteiger partial charge in [-0.15, -0.1) is 0 Å². The highest BCUT2D eigenvalue weighted by atomic mass is 16.5. The summed E-state index contributed by atoms with van der Waals surface area (Å²) >= 11 is 0. The lowest BCUT2D eigenvalue weighted by atomic mass is 9.78. The van der Waals surface area contributed by atoms with E-state index in [9.17, 15) is 10.2 Å². The molecule has 1 aliphatic carbocycles. The van der Waals surface area contributed by atoms with Gasteiger partial charge in [0, 0.05) is 18.9 Å². The van der Waals surface area contributed by atoms with Crippen LogP contribution in [-0.4, -0.2) is 57.1 Å². The molecule has 3 rings (SSSR count). The second-order valence-corrected chi connectivity index (χ2v) is 7.46. The molecule has 1 aliphatic heterocycles. The van der Waals surface area contributed by atoms with Gasteiger partial charge < -0.3 is 14.9 Å². The molecule has 0 radical (unpaired) electrons. The first-order chi connectivity index (χ1) is 10.3. The van der Waals surface area contributed by atoms with Crippen LogP contribution in [0.15, 0.2) is 24.5 Å². The van der Waals surface area contributed by atoms with E-state index < -0.39 is 11.7 Å². The van der Waals surface area contributed by atoms with Crippen LogP contribution in [0, 0.1) is 5.92 Å². The maximum Gasteiger partial charge on any atom is 0.109 e. The smallest absolute Gasteiger partial charge is 0.109 e. The van der Waals surface area contributed by atoms with Crippen LogP contribution < -0.4 is 0 Å². The first-order valence-corrected chi connectivity index (χ1v) is 7.95. The second-order valence-electron chi connectivity index (χ2n) is 7.46. The zero-order valence-corrected chi connectivity index (χ0v) is 13.6. The van der Waals surface area contributed by atoms with E-state index >= 15 is 0 Å². The molecular weight excluding hydrogens is 280 g/mol. The number of hydrogen-bond donors (Lipinski definition) is 2. The van der Waals surface area contributed by atoms with Gasteiger partial charge in [0.15, 0.2) is 0 Å². The molecule has 1 aromatic heterocycles. The quantitative estimate of drug-likeness (QED) is 0.878. The zero-order chi connectivity index (χ0) is 16.0. The van der Waals surface area contributed by atoms with Crippen molar-refractivity contribution < 1.29 is 14.9 Å². The van der Waals surface area contributed by atoms with Gasteiger partial charge in [0.2, 0.25) is 0 Å². The molecule has 2 heterocycles. The monoisotopic (exact) mass is 306 g/mol. The van der Waals surface area contributed by atoms with Crippen LogP contribution in [0.25, 0.3) is 0 Å². The van der Waals surface area contributed by atoms with E-state index in [0.717, 1.165) is 12.0 Å². The number of pyridine rings is 1. The second kappa shape index (κ2) is 5.57. The van der Waals surface area contributed by atoms with Gasteiger partial charge in [0.05, 0.1) is 24.4 Å². The maximum absolute atomic E-state index is 11.2. The third-order valence-electron chi connectivity index (χ3n) is 5.17. The SMILES string of the molecule is CN(Cc1cccnc1)[C@H]1[C@H](O)C[C@@H]2CC(C)(C)OC[C@]21O. The molecule has 5 heteroatoms. The third kappa shape index (κ3) is 2.78. The van der Waals surface area contributed by atoms with Crippen LogP contribution in [-0.2, 0) is 11.3 Å². The highest BCUT2D eigenvalue weighted by Gasteiger charge is 2.59. The van der Waals surface area contributed by atoms with Crippen LogP contribution in [0.1, 0.15) is 32.3 Å². The summed E-state index contributed by atoms with van der Waals surface area (Å²) < 4.78 is 5.86. The van der Waals surface area contributed by atoms with E-state index in [0.29, 0.717) is 13.0 Å². The summed E-state index contributed by atoms with van der Waals surface area (Å²) in [6.07, 6.45) is 4.44. The molecule has 0 aromatic carbocycles. The van der Waals surface area contributed by atoms with Crippen molar-refractivity contribution in [1.82, 2.24) is 9.88 Å². The minimum atomic E-state index is -0.980. The Morgan fingerprint density at radius 1 is 1.45 bits per heavy atom. The molecule has 2 aliphatic rings. The lowest BCUT2D eigenvalue weighted by Gasteiger charge is -2.47. The number of aromatic nitrogens is 1. The largest absolute Gasteiger partial charge is 0.391 e. The molecule has 122 valence electrons. The number of ether oxygens (including phenoxy) is 1. The Balaban J connectivity index is 1.78. The van der Waals surface area contributed by atoms with Gasteiger partial charge in [-0.3, -0.25) is 9.88 Å². The van der Waals surface area contributed by atoms with Crippen LogP contribution in [0.2, 0.25) is 0 Å². The summed E-state index contributed by atoms with van der Waals surface area (Å²) in [5, 5.41) is 21.7. The topological polar surface area (TPSA) is 65.8 Å². The van der Waals surface area contributed by atoms with Crippen molar-refractivity contribution in [1.29, 1.82) is 0 Å². The van der Waals surface area contributed by atoms with Crippen molar-refractivity contribution >= 4 is 0 Å². The molecule has 5 nitrogen and oxygen atoms in total. The number of hydrogen-bond acceptors (Lipinski definition) is 5. The number of aliphatic hydroxyl groups is 2. The number of nitrogens with zero attached hydrogens (tertiary/aromatic N) is 2. The van der Waals surface area contributed by atoms with Gasteiger partial charge in [-0.05, 0) is 51.3 Å². The average molecular weight is 306 g/mol. The lowest BCUT2D eigenvalue weighted by Crippen LogP contribution is -2.60. The van der Waals surface area contributed by atoms with Gasteiger partial charge in [-0.1, -0.05) is 6.07 Å². The minimum absolute atomic E-state index is 0.0765. The summed E-state index contributed by atoms with van der Waals surface area (Å²) in [6, 6.07) is 3.60. The van der Waals surface area contributed by atoms with E-state index in [2.05, 4.69) is 4.98 Å². The summed E-state index contributed by atoms with van der Waals surface area (Å²) in [6.45, 7) is 5.02. The fourth-order valence-electron chi connectivity index (χ4n) is 4.18. The Bertz CT molecular complexity index is 522. The standard InChI is InChI=1S/C17H26N2O3/c1-16(2)8-13-7-14(20)15(17(13,21)11-22-16)19(3)10-12-5-4-6-18-9-12/h4-6,9,13-15,20-21H,7-8,10-11H2,1-3H3/t13-,14-,15+,17+/m1/s1. The fraction of sp³-hybridized carbons (Fsp3) is 0.706. The maximum atomic E-state index is 11.2. The van der Waals surface area contributed by atoms with E-state index in [1.54, 1.807) is 6.20 Å². The van der Waals surface area contributed by atoms with E-state index in [-0.39, 0.29) is 24.2 Å². The van der Waals surface area contributed by atoms with Crippen LogP contribution in [0.4, 0.5) is 0 Å². The number of rotatable bonds is 3. The molecular formula is C17H26N2O3. The third-order valence-corrected chi connectivity index (χ3v) is 5.17. The van der Waals surface area contributed by atoms with Crippen molar-refractivity contribution in [3.05, 3.63) is 30.1 Å². The van der Waals surface area contributed by atoms with E-state index in [1.807, 2.05) is 44.1 Å². The van der Waals surface area contributed by atoms with Gasteiger partial charge in [-0.25, -0.2) is 0 Å². The average Bonchev–Trinajstić information content (AvgIpc) is 2.69. The summed E-state index contributed by atoms with van der Waals surface area (Å²) in [5.74, 6) is 0.0765. The molecule has 0 bridgehead atoms. The van der Waals surface area contributed by atoms with Crippen molar-refractivity contribution in [2.75, 3.05) is 13.7 Å². The number of likely N-dealkylation sites (N-methyl/N-ethyl adjacent to an activating group) is 1. The van der Waals surface area contributed by atoms with Crippen molar-refractivity contribution in [3.8, 4) is 0 Å². The van der Waals surface area contributed by atoms with Crippen molar-refractivity contribution in [2.45, 2.75) is 56.6 Å². The van der Waals surface area contributed by atoms with Crippen LogP contribution in [0.3, 0.4) is 0 Å². The molecule has 22 heavy (non-hydrogen) atoms. The highest BCUT2D eigenvalue weighted by molar-refractivity contribution is 5.14.